The Morgan fingerprint density at radius 1 is 1.06 bits per heavy atom. The maximum atomic E-state index is 12.1. The van der Waals surface area contributed by atoms with Gasteiger partial charge in [0.1, 0.15) is 0 Å². The van der Waals surface area contributed by atoms with Gasteiger partial charge in [0.05, 0.1) is 5.69 Å². The van der Waals surface area contributed by atoms with E-state index < -0.39 is 0 Å². The first-order valence-corrected chi connectivity index (χ1v) is 6.28. The van der Waals surface area contributed by atoms with Crippen molar-refractivity contribution in [1.82, 2.24) is 4.98 Å². The fourth-order valence-corrected chi connectivity index (χ4v) is 2.62. The molecule has 3 rings (SSSR count). The smallest absolute Gasteiger partial charge is 0.165 e. The number of carbonyl (C=O) groups excluding carboxylic acids is 1. The average Bonchev–Trinajstić information content (AvgIpc) is 2.39. The lowest BCUT2D eigenvalue weighted by Gasteiger charge is -2.23. The first-order chi connectivity index (χ1) is 8.74. The van der Waals surface area contributed by atoms with Crippen molar-refractivity contribution >= 4 is 5.78 Å². The van der Waals surface area contributed by atoms with Gasteiger partial charge in [0.25, 0.3) is 0 Å². The van der Waals surface area contributed by atoms with Crippen LogP contribution in [0.2, 0.25) is 0 Å². The van der Waals surface area contributed by atoms with Gasteiger partial charge in [-0.3, -0.25) is 9.78 Å². The minimum atomic E-state index is 0.220. The lowest BCUT2D eigenvalue weighted by molar-refractivity contribution is 0.0963. The Morgan fingerprint density at radius 2 is 1.83 bits per heavy atom. The third-order valence-corrected chi connectivity index (χ3v) is 3.56. The Kier molecular flexibility index (Phi) is 2.71. The molecule has 0 saturated heterocycles. The summed E-state index contributed by atoms with van der Waals surface area (Å²) in [5.41, 5.74) is 3.99. The molecule has 2 aromatic rings. The van der Waals surface area contributed by atoms with E-state index in [2.05, 4.69) is 17.1 Å². The zero-order valence-corrected chi connectivity index (χ0v) is 10.4. The van der Waals surface area contributed by atoms with Crippen molar-refractivity contribution in [3.05, 3.63) is 65.0 Å². The normalized spacial score (nSPS) is 18.5. The Balaban J connectivity index is 1.98. The molecule has 1 aromatic heterocycles. The molecule has 1 heterocycles. The van der Waals surface area contributed by atoms with E-state index in [9.17, 15) is 4.79 Å². The summed E-state index contributed by atoms with van der Waals surface area (Å²) >= 11 is 0. The van der Waals surface area contributed by atoms with Crippen LogP contribution in [0.1, 0.15) is 39.6 Å². The van der Waals surface area contributed by atoms with E-state index in [0.29, 0.717) is 6.42 Å². The molecule has 1 aliphatic carbocycles. The molecule has 0 amide bonds. The summed E-state index contributed by atoms with van der Waals surface area (Å²) in [6, 6.07) is 14.1. The predicted octanol–water partition coefficient (Wildman–Crippen LogP) is 3.30. The van der Waals surface area contributed by atoms with Gasteiger partial charge in [0.15, 0.2) is 5.78 Å². The van der Waals surface area contributed by atoms with E-state index in [-0.39, 0.29) is 11.7 Å². The third-order valence-electron chi connectivity index (χ3n) is 3.56. The van der Waals surface area contributed by atoms with Crippen molar-refractivity contribution in [2.24, 2.45) is 0 Å². The molecule has 0 fully saturated rings. The lowest BCUT2D eigenvalue weighted by atomic mass is 9.81. The van der Waals surface area contributed by atoms with Crippen molar-refractivity contribution in [1.29, 1.82) is 0 Å². The van der Waals surface area contributed by atoms with E-state index >= 15 is 0 Å². The van der Waals surface area contributed by atoms with Gasteiger partial charge in [-0.15, -0.1) is 0 Å². The number of ketones is 1. The van der Waals surface area contributed by atoms with Gasteiger partial charge in [0.2, 0.25) is 0 Å². The monoisotopic (exact) mass is 237 g/mol. The lowest BCUT2D eigenvalue weighted by Crippen LogP contribution is -2.20. The summed E-state index contributed by atoms with van der Waals surface area (Å²) in [4.78, 5) is 16.7. The molecular weight excluding hydrogens is 222 g/mol. The Labute approximate surface area is 107 Å². The standard InChI is InChI=1S/C16H15NO/c1-11-7-8-14-15(17-11)9-13(10-16(14)18)12-5-3-2-4-6-12/h2-8,13H,9-10H2,1H3/t13-/m0/s1. The number of hydrogen-bond donors (Lipinski definition) is 0. The van der Waals surface area contributed by atoms with Crippen LogP contribution in [0.3, 0.4) is 0 Å². The van der Waals surface area contributed by atoms with E-state index in [1.165, 1.54) is 5.56 Å². The van der Waals surface area contributed by atoms with Crippen molar-refractivity contribution in [2.75, 3.05) is 0 Å². The zero-order chi connectivity index (χ0) is 12.5. The number of hydrogen-bond acceptors (Lipinski definition) is 2. The highest BCUT2D eigenvalue weighted by atomic mass is 16.1. The summed E-state index contributed by atoms with van der Waals surface area (Å²) in [5.74, 6) is 0.498. The Hall–Kier alpha value is -1.96. The van der Waals surface area contributed by atoms with Crippen LogP contribution in [0.15, 0.2) is 42.5 Å². The second-order valence-corrected chi connectivity index (χ2v) is 4.89. The van der Waals surface area contributed by atoms with Crippen LogP contribution >= 0.6 is 0 Å². The molecule has 0 unspecified atom stereocenters. The quantitative estimate of drug-likeness (QED) is 0.761. The van der Waals surface area contributed by atoms with Crippen LogP contribution in [-0.2, 0) is 6.42 Å². The van der Waals surface area contributed by atoms with Crippen LogP contribution in [0, 0.1) is 6.92 Å². The third kappa shape index (κ3) is 1.94. The van der Waals surface area contributed by atoms with E-state index in [1.807, 2.05) is 37.3 Å². The largest absolute Gasteiger partial charge is 0.294 e. The van der Waals surface area contributed by atoms with Crippen molar-refractivity contribution in [3.63, 3.8) is 0 Å². The number of fused-ring (bicyclic) bond motifs is 1. The van der Waals surface area contributed by atoms with Crippen LogP contribution in [0.25, 0.3) is 0 Å². The summed E-state index contributed by atoms with van der Waals surface area (Å²) in [7, 11) is 0. The second-order valence-electron chi connectivity index (χ2n) is 4.89. The molecule has 0 radical (unpaired) electrons. The fraction of sp³-hybridized carbons (Fsp3) is 0.250. The molecule has 1 aliphatic rings. The van der Waals surface area contributed by atoms with Gasteiger partial charge in [-0.2, -0.15) is 0 Å². The summed E-state index contributed by atoms with van der Waals surface area (Å²) in [5, 5.41) is 0. The molecule has 1 atom stereocenters. The second kappa shape index (κ2) is 4.37. The van der Waals surface area contributed by atoms with E-state index in [0.717, 1.165) is 23.4 Å². The maximum absolute atomic E-state index is 12.1. The maximum Gasteiger partial charge on any atom is 0.165 e. The van der Waals surface area contributed by atoms with Gasteiger partial charge >= 0.3 is 0 Å². The summed E-state index contributed by atoms with van der Waals surface area (Å²) in [6.45, 7) is 1.97. The molecule has 0 aliphatic heterocycles. The molecule has 0 spiro atoms. The summed E-state index contributed by atoms with van der Waals surface area (Å²) in [6.07, 6.45) is 1.47. The van der Waals surface area contributed by atoms with Gasteiger partial charge < -0.3 is 0 Å². The van der Waals surface area contributed by atoms with Gasteiger partial charge in [-0.05, 0) is 37.0 Å². The molecule has 0 bridgehead atoms. The van der Waals surface area contributed by atoms with Gasteiger partial charge in [-0.1, -0.05) is 30.3 Å². The minimum absolute atomic E-state index is 0.220. The molecule has 2 heteroatoms. The first kappa shape index (κ1) is 11.1. The predicted molar refractivity (Wildman–Crippen MR) is 70.8 cm³/mol. The number of benzene rings is 1. The molecule has 0 saturated carbocycles. The number of aryl methyl sites for hydroxylation is 1. The number of nitrogens with zero attached hydrogens (tertiary/aromatic N) is 1. The van der Waals surface area contributed by atoms with Crippen LogP contribution in [0.5, 0.6) is 0 Å². The van der Waals surface area contributed by atoms with Crippen molar-refractivity contribution in [3.8, 4) is 0 Å². The van der Waals surface area contributed by atoms with Crippen LogP contribution in [0.4, 0.5) is 0 Å². The van der Waals surface area contributed by atoms with Crippen LogP contribution in [-0.4, -0.2) is 10.8 Å². The first-order valence-electron chi connectivity index (χ1n) is 6.28. The Bertz CT molecular complexity index is 589. The highest BCUT2D eigenvalue weighted by molar-refractivity contribution is 5.98. The number of carbonyl (C=O) groups is 1. The van der Waals surface area contributed by atoms with E-state index in [1.54, 1.807) is 0 Å². The highest BCUT2D eigenvalue weighted by Gasteiger charge is 2.26. The van der Waals surface area contributed by atoms with Gasteiger partial charge in [0, 0.05) is 17.7 Å². The van der Waals surface area contributed by atoms with Crippen LogP contribution < -0.4 is 0 Å². The SMILES string of the molecule is Cc1ccc2c(n1)C[C@H](c1ccccc1)CC2=O. The molecule has 1 aromatic carbocycles. The fourth-order valence-electron chi connectivity index (χ4n) is 2.62. The topological polar surface area (TPSA) is 30.0 Å². The average molecular weight is 237 g/mol. The molecular formula is C16H15NO. The molecule has 18 heavy (non-hydrogen) atoms. The summed E-state index contributed by atoms with van der Waals surface area (Å²) < 4.78 is 0. The highest BCUT2D eigenvalue weighted by Crippen LogP contribution is 2.31. The van der Waals surface area contributed by atoms with E-state index in [4.69, 9.17) is 0 Å². The molecule has 0 N–H and O–H groups in total. The minimum Gasteiger partial charge on any atom is -0.294 e. The molecule has 90 valence electrons. The molecule has 2 nitrogen and oxygen atoms in total. The Morgan fingerprint density at radius 3 is 2.61 bits per heavy atom. The van der Waals surface area contributed by atoms with Crippen molar-refractivity contribution in [2.45, 2.75) is 25.7 Å². The zero-order valence-electron chi connectivity index (χ0n) is 10.4. The number of pyridine rings is 1. The number of Topliss-reactive ketones (excluding diaryl/α,β-unsaturated/α-hetero) is 1. The van der Waals surface area contributed by atoms with Gasteiger partial charge in [-0.25, -0.2) is 0 Å². The number of aromatic nitrogens is 1. The number of rotatable bonds is 1. The van der Waals surface area contributed by atoms with Crippen molar-refractivity contribution < 1.29 is 4.79 Å².